The summed E-state index contributed by atoms with van der Waals surface area (Å²) in [5.74, 6) is -2.01. The molecule has 122 valence electrons. The maximum atomic E-state index is 13.6. The lowest BCUT2D eigenvalue weighted by molar-refractivity contribution is -0.136. The fourth-order valence-electron chi connectivity index (χ4n) is 1.83. The van der Waals surface area contributed by atoms with E-state index in [2.05, 4.69) is 15.6 Å². The first-order chi connectivity index (χ1) is 10.9. The molecule has 2 aromatic rings. The van der Waals surface area contributed by atoms with Crippen molar-refractivity contribution in [3.63, 3.8) is 0 Å². The highest BCUT2D eigenvalue weighted by Crippen LogP contribution is 2.19. The van der Waals surface area contributed by atoms with Gasteiger partial charge in [-0.3, -0.25) is 9.59 Å². The average Bonchev–Trinajstić information content (AvgIpc) is 2.97. The second-order valence-corrected chi connectivity index (χ2v) is 6.34. The molecule has 1 heterocycles. The summed E-state index contributed by atoms with van der Waals surface area (Å²) in [7, 11) is 0. The Labute approximate surface area is 137 Å². The molecule has 2 amide bonds. The molecular formula is C16H18FN3O2S. The van der Waals surface area contributed by atoms with Crippen molar-refractivity contribution in [1.82, 2.24) is 10.3 Å². The Hall–Kier alpha value is -2.28. The van der Waals surface area contributed by atoms with Crippen LogP contribution < -0.4 is 10.6 Å². The molecule has 0 atom stereocenters. The van der Waals surface area contributed by atoms with Crippen molar-refractivity contribution >= 4 is 28.8 Å². The van der Waals surface area contributed by atoms with Gasteiger partial charge in [0.1, 0.15) is 5.82 Å². The van der Waals surface area contributed by atoms with Gasteiger partial charge in [-0.2, -0.15) is 0 Å². The zero-order valence-electron chi connectivity index (χ0n) is 13.1. The van der Waals surface area contributed by atoms with E-state index in [1.165, 1.54) is 23.5 Å². The molecule has 0 aliphatic heterocycles. The number of nitrogens with zero attached hydrogens (tertiary/aromatic N) is 1. The average molecular weight is 335 g/mol. The molecule has 0 saturated heterocycles. The van der Waals surface area contributed by atoms with Gasteiger partial charge in [0.2, 0.25) is 0 Å². The normalized spacial score (nSPS) is 10.7. The van der Waals surface area contributed by atoms with Gasteiger partial charge in [0.15, 0.2) is 0 Å². The van der Waals surface area contributed by atoms with Gasteiger partial charge in [0, 0.05) is 11.3 Å². The fourth-order valence-corrected chi connectivity index (χ4v) is 2.67. The smallest absolute Gasteiger partial charge is 0.313 e. The highest BCUT2D eigenvalue weighted by atomic mass is 32.1. The number of rotatable bonds is 4. The topological polar surface area (TPSA) is 71.1 Å². The summed E-state index contributed by atoms with van der Waals surface area (Å²) in [5, 5.41) is 7.56. The number of anilines is 1. The number of hydrogen-bond donors (Lipinski definition) is 2. The predicted octanol–water partition coefficient (Wildman–Crippen LogP) is 2.97. The van der Waals surface area contributed by atoms with E-state index in [4.69, 9.17) is 0 Å². The highest BCUT2D eigenvalue weighted by molar-refractivity contribution is 7.09. The molecule has 0 fully saturated rings. The molecular weight excluding hydrogens is 317 g/mol. The molecule has 0 bridgehead atoms. The number of aromatic nitrogens is 1. The molecule has 0 saturated carbocycles. The largest absolute Gasteiger partial charge is 0.342 e. The third kappa shape index (κ3) is 4.59. The minimum absolute atomic E-state index is 0.0131. The van der Waals surface area contributed by atoms with Crippen molar-refractivity contribution in [2.24, 2.45) is 0 Å². The van der Waals surface area contributed by atoms with Gasteiger partial charge < -0.3 is 10.6 Å². The Morgan fingerprint density at radius 3 is 2.70 bits per heavy atom. The van der Waals surface area contributed by atoms with Crippen LogP contribution >= 0.6 is 11.3 Å². The second kappa shape index (κ2) is 7.32. The number of hydrogen-bond acceptors (Lipinski definition) is 4. The van der Waals surface area contributed by atoms with Crippen LogP contribution in [0.4, 0.5) is 10.1 Å². The lowest BCUT2D eigenvalue weighted by Crippen LogP contribution is -2.35. The van der Waals surface area contributed by atoms with Gasteiger partial charge in [-0.05, 0) is 24.6 Å². The zero-order valence-corrected chi connectivity index (χ0v) is 14.0. The first kappa shape index (κ1) is 17.1. The summed E-state index contributed by atoms with van der Waals surface area (Å²) in [5.41, 5.74) is 1.47. The van der Waals surface area contributed by atoms with Crippen LogP contribution in [-0.4, -0.2) is 16.8 Å². The lowest BCUT2D eigenvalue weighted by atomic mass is 10.2. The van der Waals surface area contributed by atoms with Crippen LogP contribution in [-0.2, 0) is 16.1 Å². The second-order valence-electron chi connectivity index (χ2n) is 5.45. The van der Waals surface area contributed by atoms with E-state index in [1.807, 2.05) is 19.2 Å². The van der Waals surface area contributed by atoms with Crippen molar-refractivity contribution < 1.29 is 14.0 Å². The van der Waals surface area contributed by atoms with Crippen LogP contribution in [0.5, 0.6) is 0 Å². The summed E-state index contributed by atoms with van der Waals surface area (Å²) < 4.78 is 13.6. The maximum Gasteiger partial charge on any atom is 0.313 e. The van der Waals surface area contributed by atoms with E-state index in [1.54, 1.807) is 13.0 Å². The number of carbonyl (C=O) groups is 2. The summed E-state index contributed by atoms with van der Waals surface area (Å²) in [6.07, 6.45) is 0. The number of halogens is 1. The molecule has 23 heavy (non-hydrogen) atoms. The van der Waals surface area contributed by atoms with Crippen molar-refractivity contribution in [1.29, 1.82) is 0 Å². The Morgan fingerprint density at radius 2 is 2.04 bits per heavy atom. The molecule has 0 radical (unpaired) electrons. The first-order valence-corrected chi connectivity index (χ1v) is 8.04. The SMILES string of the molecule is Cc1ccc(F)c(NC(=O)C(=O)NCc2csc(C(C)C)n2)c1. The van der Waals surface area contributed by atoms with E-state index in [-0.39, 0.29) is 12.2 Å². The number of amides is 2. The van der Waals surface area contributed by atoms with E-state index in [9.17, 15) is 14.0 Å². The number of aryl methyl sites for hydroxylation is 1. The summed E-state index contributed by atoms with van der Waals surface area (Å²) in [6, 6.07) is 4.29. The van der Waals surface area contributed by atoms with Gasteiger partial charge in [0.25, 0.3) is 0 Å². The molecule has 0 aliphatic carbocycles. The molecule has 1 aromatic heterocycles. The third-order valence-electron chi connectivity index (χ3n) is 3.07. The van der Waals surface area contributed by atoms with Crippen LogP contribution in [0.25, 0.3) is 0 Å². The number of thiazole rings is 1. The van der Waals surface area contributed by atoms with Crippen molar-refractivity contribution in [3.05, 3.63) is 45.7 Å². The summed E-state index contributed by atoms with van der Waals surface area (Å²) in [4.78, 5) is 28.0. The van der Waals surface area contributed by atoms with Gasteiger partial charge >= 0.3 is 11.8 Å². The standard InChI is InChI=1S/C16H18FN3O2S/c1-9(2)16-19-11(8-23-16)7-18-14(21)15(22)20-13-6-10(3)4-5-12(13)17/h4-6,8-9H,7H2,1-3H3,(H,18,21)(H,20,22). The van der Waals surface area contributed by atoms with Crippen LogP contribution in [0.3, 0.4) is 0 Å². The maximum absolute atomic E-state index is 13.6. The minimum Gasteiger partial charge on any atom is -0.342 e. The Kier molecular flexibility index (Phi) is 5.44. The number of nitrogens with one attached hydrogen (secondary N) is 2. The third-order valence-corrected chi connectivity index (χ3v) is 4.26. The van der Waals surface area contributed by atoms with Crippen LogP contribution in [0.15, 0.2) is 23.6 Å². The monoisotopic (exact) mass is 335 g/mol. The first-order valence-electron chi connectivity index (χ1n) is 7.16. The number of carbonyl (C=O) groups excluding carboxylic acids is 2. The molecule has 0 aliphatic rings. The molecule has 1 aromatic carbocycles. The summed E-state index contributed by atoms with van der Waals surface area (Å²) in [6.45, 7) is 5.99. The Balaban J connectivity index is 1.92. The summed E-state index contributed by atoms with van der Waals surface area (Å²) >= 11 is 1.51. The molecule has 0 spiro atoms. The minimum atomic E-state index is -0.909. The van der Waals surface area contributed by atoms with Crippen molar-refractivity contribution in [2.75, 3.05) is 5.32 Å². The van der Waals surface area contributed by atoms with Gasteiger partial charge in [-0.15, -0.1) is 11.3 Å². The van der Waals surface area contributed by atoms with E-state index < -0.39 is 17.6 Å². The fraction of sp³-hybridized carbons (Fsp3) is 0.312. The van der Waals surface area contributed by atoms with Gasteiger partial charge in [0.05, 0.1) is 22.9 Å². The van der Waals surface area contributed by atoms with Crippen molar-refractivity contribution in [3.8, 4) is 0 Å². The zero-order chi connectivity index (χ0) is 17.0. The van der Waals surface area contributed by atoms with E-state index >= 15 is 0 Å². The van der Waals surface area contributed by atoms with Crippen LogP contribution in [0.1, 0.15) is 36.0 Å². The van der Waals surface area contributed by atoms with Gasteiger partial charge in [-0.25, -0.2) is 9.37 Å². The lowest BCUT2D eigenvalue weighted by Gasteiger charge is -2.07. The Morgan fingerprint density at radius 1 is 1.30 bits per heavy atom. The number of benzene rings is 1. The Bertz CT molecular complexity index is 728. The molecule has 0 unspecified atom stereocenters. The predicted molar refractivity (Wildman–Crippen MR) is 87.8 cm³/mol. The van der Waals surface area contributed by atoms with Crippen LogP contribution in [0, 0.1) is 12.7 Å². The van der Waals surface area contributed by atoms with E-state index in [0.29, 0.717) is 11.6 Å². The molecule has 7 heteroatoms. The van der Waals surface area contributed by atoms with E-state index in [0.717, 1.165) is 10.6 Å². The van der Waals surface area contributed by atoms with Gasteiger partial charge in [-0.1, -0.05) is 19.9 Å². The highest BCUT2D eigenvalue weighted by Gasteiger charge is 2.16. The molecule has 5 nitrogen and oxygen atoms in total. The molecule has 2 rings (SSSR count). The quantitative estimate of drug-likeness (QED) is 0.844. The van der Waals surface area contributed by atoms with Crippen molar-refractivity contribution in [2.45, 2.75) is 33.2 Å². The molecule has 2 N–H and O–H groups in total. The van der Waals surface area contributed by atoms with Crippen LogP contribution in [0.2, 0.25) is 0 Å².